The third-order valence-corrected chi connectivity index (χ3v) is 4.10. The van der Waals surface area contributed by atoms with Crippen LogP contribution < -0.4 is 15.4 Å². The lowest BCUT2D eigenvalue weighted by atomic mass is 10.1. The number of rotatable bonds is 9. The molecule has 1 amide bonds. The van der Waals surface area contributed by atoms with Gasteiger partial charge in [0, 0.05) is 48.3 Å². The highest BCUT2D eigenvalue weighted by Crippen LogP contribution is 2.26. The number of pyridine rings is 1. The van der Waals surface area contributed by atoms with Crippen molar-refractivity contribution in [1.82, 2.24) is 20.2 Å². The number of aromatic nitrogens is 2. The third kappa shape index (κ3) is 6.11. The minimum Gasteiger partial charge on any atom is -0.488 e. The Balaban J connectivity index is 2.24. The molecule has 0 aliphatic carbocycles. The molecule has 0 radical (unpaired) electrons. The fourth-order valence-electron chi connectivity index (χ4n) is 2.65. The lowest BCUT2D eigenvalue weighted by Gasteiger charge is -2.20. The molecule has 1 atom stereocenters. The van der Waals surface area contributed by atoms with Gasteiger partial charge in [-0.25, -0.2) is 4.52 Å². The van der Waals surface area contributed by atoms with Gasteiger partial charge in [-0.3, -0.25) is 4.79 Å². The zero-order chi connectivity index (χ0) is 20.7. The zero-order valence-corrected chi connectivity index (χ0v) is 17.4. The molecule has 2 aromatic rings. The summed E-state index contributed by atoms with van der Waals surface area (Å²) in [6.07, 6.45) is 7.65. The third-order valence-electron chi connectivity index (χ3n) is 4.10. The molecule has 0 bridgehead atoms. The van der Waals surface area contributed by atoms with Gasteiger partial charge in [-0.1, -0.05) is 0 Å². The zero-order valence-electron chi connectivity index (χ0n) is 17.4. The number of nitrogens with zero attached hydrogens (tertiary/aromatic N) is 2. The molecule has 2 rings (SSSR count). The van der Waals surface area contributed by atoms with E-state index in [0.29, 0.717) is 25.1 Å². The van der Waals surface area contributed by atoms with Crippen LogP contribution in [0.15, 0.2) is 30.7 Å². The Morgan fingerprint density at radius 2 is 2.18 bits per heavy atom. The van der Waals surface area contributed by atoms with Crippen LogP contribution in [0.1, 0.15) is 53.0 Å². The molecular weight excluding hydrogens is 354 g/mol. The average Bonchev–Trinajstić information content (AvgIpc) is 3.09. The topological polar surface area (TPSA) is 91.5 Å². The Kier molecular flexibility index (Phi) is 7.20. The van der Waals surface area contributed by atoms with Gasteiger partial charge in [0.15, 0.2) is 0 Å². The van der Waals surface area contributed by atoms with E-state index in [-0.39, 0.29) is 17.6 Å². The number of carbonyl (C=O) groups excluding carboxylic acids is 1. The van der Waals surface area contributed by atoms with Crippen LogP contribution in [0.5, 0.6) is 5.75 Å². The summed E-state index contributed by atoms with van der Waals surface area (Å²) in [5, 5.41) is 18.2. The van der Waals surface area contributed by atoms with Crippen molar-refractivity contribution in [2.75, 3.05) is 6.54 Å². The van der Waals surface area contributed by atoms with E-state index in [1.807, 2.05) is 38.4 Å². The molecule has 7 nitrogen and oxygen atoms in total. The normalized spacial score (nSPS) is 13.2. The number of amides is 1. The smallest absolute Gasteiger partial charge is 0.220 e. The first kappa shape index (κ1) is 21.5. The molecule has 7 heteroatoms. The molecule has 0 saturated heterocycles. The molecule has 28 heavy (non-hydrogen) atoms. The van der Waals surface area contributed by atoms with Gasteiger partial charge < -0.3 is 20.8 Å². The molecule has 152 valence electrons. The van der Waals surface area contributed by atoms with Crippen LogP contribution in [-0.2, 0) is 4.79 Å². The summed E-state index contributed by atoms with van der Waals surface area (Å²) >= 11 is 0. The Bertz CT molecular complexity index is 848. The minimum atomic E-state index is -0.128. The van der Waals surface area contributed by atoms with E-state index in [1.54, 1.807) is 10.7 Å². The first-order valence-corrected chi connectivity index (χ1v) is 9.63. The summed E-state index contributed by atoms with van der Waals surface area (Å²) in [5.41, 5.74) is 2.31. The van der Waals surface area contributed by atoms with Crippen LogP contribution in [-0.4, -0.2) is 39.9 Å². The quantitative estimate of drug-likeness (QED) is 0.577. The number of fused-ring (bicyclic) bond motifs is 1. The second-order valence-electron chi connectivity index (χ2n) is 7.81. The highest BCUT2D eigenvalue weighted by atomic mass is 16.5. The van der Waals surface area contributed by atoms with Gasteiger partial charge in [0.1, 0.15) is 11.3 Å². The second kappa shape index (κ2) is 9.39. The van der Waals surface area contributed by atoms with Crippen molar-refractivity contribution in [2.45, 2.75) is 59.1 Å². The molecule has 0 fully saturated rings. The maximum Gasteiger partial charge on any atom is 0.220 e. The van der Waals surface area contributed by atoms with Crippen LogP contribution >= 0.6 is 0 Å². The van der Waals surface area contributed by atoms with Crippen LogP contribution in [0.25, 0.3) is 11.1 Å². The largest absolute Gasteiger partial charge is 0.488 e. The van der Waals surface area contributed by atoms with Crippen molar-refractivity contribution in [3.05, 3.63) is 36.3 Å². The predicted octanol–water partition coefficient (Wildman–Crippen LogP) is 3.40. The van der Waals surface area contributed by atoms with Crippen LogP contribution in [0, 0.1) is 5.41 Å². The van der Waals surface area contributed by atoms with E-state index in [2.05, 4.69) is 36.5 Å². The van der Waals surface area contributed by atoms with E-state index in [1.165, 1.54) is 6.21 Å². The number of nitrogens with one attached hydrogen (secondary N) is 3. The maximum atomic E-state index is 11.7. The van der Waals surface area contributed by atoms with Crippen molar-refractivity contribution in [3.63, 3.8) is 0 Å². The molecular formula is C21H31N5O2. The fraction of sp³-hybridized carbons (Fsp3) is 0.476. The van der Waals surface area contributed by atoms with Crippen LogP contribution in [0.3, 0.4) is 0 Å². The Morgan fingerprint density at radius 1 is 1.43 bits per heavy atom. The maximum absolute atomic E-state index is 11.7. The molecule has 0 aliphatic rings. The standard InChI is InChI=1S/C21H31N5O2/c1-6-23-20(27)8-7-15(2)28-19-11-16(14-26-18(19)9-10-25-26)17(12-22)13-24-21(3,4)5/h9-15,22,24H,6-8H2,1-5H3,(H,23,27)/b17-13+,22-12?/t15-/m1/s1. The summed E-state index contributed by atoms with van der Waals surface area (Å²) in [5.74, 6) is 0.713. The van der Waals surface area contributed by atoms with E-state index >= 15 is 0 Å². The molecule has 0 aromatic carbocycles. The van der Waals surface area contributed by atoms with Crippen LogP contribution in [0.4, 0.5) is 0 Å². The lowest BCUT2D eigenvalue weighted by Crippen LogP contribution is -2.31. The molecule has 2 aromatic heterocycles. The first-order chi connectivity index (χ1) is 13.2. The van der Waals surface area contributed by atoms with Gasteiger partial charge in [0.25, 0.3) is 0 Å². The van der Waals surface area contributed by atoms with Gasteiger partial charge in [0.2, 0.25) is 5.91 Å². The van der Waals surface area contributed by atoms with Crippen molar-refractivity contribution in [1.29, 1.82) is 5.41 Å². The SMILES string of the molecule is CCNC(=O)CC[C@@H](C)Oc1cc(/C(C=N)=C/NC(C)(C)C)cn2nccc12. The highest BCUT2D eigenvalue weighted by Gasteiger charge is 2.14. The van der Waals surface area contributed by atoms with Crippen molar-refractivity contribution >= 4 is 23.2 Å². The summed E-state index contributed by atoms with van der Waals surface area (Å²) in [7, 11) is 0. The second-order valence-corrected chi connectivity index (χ2v) is 7.81. The average molecular weight is 386 g/mol. The molecule has 3 N–H and O–H groups in total. The van der Waals surface area contributed by atoms with Gasteiger partial charge >= 0.3 is 0 Å². The van der Waals surface area contributed by atoms with Gasteiger partial charge in [0.05, 0.1) is 12.3 Å². The monoisotopic (exact) mass is 385 g/mol. The van der Waals surface area contributed by atoms with Gasteiger partial charge in [-0.2, -0.15) is 5.10 Å². The number of ether oxygens (including phenoxy) is 1. The first-order valence-electron chi connectivity index (χ1n) is 9.63. The number of carbonyl (C=O) groups is 1. The minimum absolute atomic E-state index is 0.0310. The fourth-order valence-corrected chi connectivity index (χ4v) is 2.65. The molecule has 0 saturated carbocycles. The predicted molar refractivity (Wildman–Crippen MR) is 113 cm³/mol. The van der Waals surface area contributed by atoms with Gasteiger partial charge in [-0.05, 0) is 53.2 Å². The van der Waals surface area contributed by atoms with Crippen LogP contribution in [0.2, 0.25) is 0 Å². The molecule has 0 unspecified atom stereocenters. The van der Waals surface area contributed by atoms with E-state index in [4.69, 9.17) is 10.1 Å². The van der Waals surface area contributed by atoms with E-state index in [0.717, 1.165) is 16.7 Å². The summed E-state index contributed by atoms with van der Waals surface area (Å²) in [6.45, 7) is 10.7. The number of hydrogen-bond acceptors (Lipinski definition) is 5. The Hall–Kier alpha value is -2.83. The number of allylic oxidation sites excluding steroid dienone is 1. The Morgan fingerprint density at radius 3 is 2.82 bits per heavy atom. The van der Waals surface area contributed by atoms with Crippen molar-refractivity contribution < 1.29 is 9.53 Å². The van der Waals surface area contributed by atoms with E-state index < -0.39 is 0 Å². The summed E-state index contributed by atoms with van der Waals surface area (Å²) in [6, 6.07) is 3.80. The lowest BCUT2D eigenvalue weighted by molar-refractivity contribution is -0.121. The van der Waals surface area contributed by atoms with Crippen molar-refractivity contribution in [3.8, 4) is 5.75 Å². The Labute approximate surface area is 166 Å². The number of hydrogen-bond donors (Lipinski definition) is 3. The van der Waals surface area contributed by atoms with E-state index in [9.17, 15) is 4.79 Å². The summed E-state index contributed by atoms with van der Waals surface area (Å²) in [4.78, 5) is 11.7. The highest BCUT2D eigenvalue weighted by molar-refractivity contribution is 6.08. The molecule has 0 spiro atoms. The molecule has 2 heterocycles. The van der Waals surface area contributed by atoms with Crippen molar-refractivity contribution in [2.24, 2.45) is 0 Å². The summed E-state index contributed by atoms with van der Waals surface area (Å²) < 4.78 is 7.88. The van der Waals surface area contributed by atoms with Gasteiger partial charge in [-0.15, -0.1) is 0 Å². The molecule has 0 aliphatic heterocycles.